The Morgan fingerprint density at radius 2 is 1.38 bits per heavy atom. The van der Waals surface area contributed by atoms with Gasteiger partial charge in [0.15, 0.2) is 0 Å². The summed E-state index contributed by atoms with van der Waals surface area (Å²) in [5, 5.41) is 0. The molecule has 0 bridgehead atoms. The summed E-state index contributed by atoms with van der Waals surface area (Å²) in [5.41, 5.74) is -2.79. The summed E-state index contributed by atoms with van der Waals surface area (Å²) in [5.74, 6) is 0.541. The van der Waals surface area contributed by atoms with Crippen LogP contribution in [-0.4, -0.2) is 49.1 Å². The summed E-state index contributed by atoms with van der Waals surface area (Å²) in [6.45, 7) is 8.80. The van der Waals surface area contributed by atoms with E-state index in [9.17, 15) is 26.3 Å². The number of methoxy groups -OCH3 is 1. The molecule has 3 rings (SSSR count). The maximum Gasteiger partial charge on any atom is 0.416 e. The molecule has 1 fully saturated rings. The van der Waals surface area contributed by atoms with Crippen molar-refractivity contribution in [3.8, 4) is 5.75 Å². The van der Waals surface area contributed by atoms with E-state index < -0.39 is 29.0 Å². The van der Waals surface area contributed by atoms with Crippen molar-refractivity contribution in [3.63, 3.8) is 0 Å². The predicted octanol–water partition coefficient (Wildman–Crippen LogP) is 6.22. The number of piperazine rings is 1. The van der Waals surface area contributed by atoms with E-state index >= 15 is 0 Å². The molecule has 1 unspecified atom stereocenters. The van der Waals surface area contributed by atoms with Crippen LogP contribution in [-0.2, 0) is 24.3 Å². The van der Waals surface area contributed by atoms with Crippen molar-refractivity contribution in [1.29, 1.82) is 0 Å². The Morgan fingerprint density at radius 3 is 1.85 bits per heavy atom. The van der Waals surface area contributed by atoms with Crippen LogP contribution in [0.15, 0.2) is 42.5 Å². The second-order valence-corrected chi connectivity index (χ2v) is 9.18. The fraction of sp³-hybridized carbons (Fsp3) is 0.520. The zero-order valence-corrected chi connectivity index (χ0v) is 19.7. The maximum absolute atomic E-state index is 13.5. The molecule has 0 aromatic heterocycles. The van der Waals surface area contributed by atoms with Gasteiger partial charge in [-0.15, -0.1) is 0 Å². The molecule has 188 valence electrons. The van der Waals surface area contributed by atoms with Crippen LogP contribution in [0.4, 0.5) is 26.3 Å². The number of halogens is 6. The van der Waals surface area contributed by atoms with Crippen molar-refractivity contribution in [3.05, 3.63) is 64.7 Å². The standard InChI is InChI=1S/C25H30F6N2O/c1-17(2)32-9-11-33(12-10-32)23(3,21-7-5-6-8-22(21)34-4)16-18-13-19(24(26,27)28)15-20(14-18)25(29,30)31/h5-8,13-15,17H,9-12,16H2,1-4H3. The fourth-order valence-corrected chi connectivity index (χ4v) is 4.72. The van der Waals surface area contributed by atoms with Gasteiger partial charge in [-0.2, -0.15) is 26.3 Å². The quantitative estimate of drug-likeness (QED) is 0.449. The molecule has 2 aromatic rings. The molecule has 0 saturated carbocycles. The Balaban J connectivity index is 2.10. The average molecular weight is 489 g/mol. The van der Waals surface area contributed by atoms with E-state index in [1.807, 2.05) is 13.0 Å². The SMILES string of the molecule is COc1ccccc1C(C)(Cc1cc(C(F)(F)F)cc(C(F)(F)F)c1)N1CCN(C(C)C)CC1. The van der Waals surface area contributed by atoms with Crippen LogP contribution in [0.5, 0.6) is 5.75 Å². The first-order valence-electron chi connectivity index (χ1n) is 11.2. The second-order valence-electron chi connectivity index (χ2n) is 9.18. The van der Waals surface area contributed by atoms with E-state index in [0.29, 0.717) is 24.9 Å². The highest BCUT2D eigenvalue weighted by molar-refractivity contribution is 5.42. The van der Waals surface area contributed by atoms with Gasteiger partial charge >= 0.3 is 12.4 Å². The normalized spacial score (nSPS) is 18.2. The third kappa shape index (κ3) is 5.68. The van der Waals surface area contributed by atoms with E-state index in [0.717, 1.165) is 30.8 Å². The van der Waals surface area contributed by atoms with Crippen molar-refractivity contribution < 1.29 is 31.1 Å². The van der Waals surface area contributed by atoms with Crippen LogP contribution >= 0.6 is 0 Å². The Morgan fingerprint density at radius 1 is 0.853 bits per heavy atom. The van der Waals surface area contributed by atoms with Crippen molar-refractivity contribution in [2.24, 2.45) is 0 Å². The lowest BCUT2D eigenvalue weighted by Gasteiger charge is -2.47. The zero-order valence-electron chi connectivity index (χ0n) is 19.7. The second kappa shape index (κ2) is 9.77. The first-order valence-corrected chi connectivity index (χ1v) is 11.2. The Labute approximate surface area is 196 Å². The molecule has 0 radical (unpaired) electrons. The van der Waals surface area contributed by atoms with E-state index in [2.05, 4.69) is 23.6 Å². The molecule has 1 saturated heterocycles. The number of rotatable bonds is 6. The molecular formula is C25H30F6N2O. The number of para-hydroxylation sites is 1. The first-order chi connectivity index (χ1) is 15.8. The molecule has 0 spiro atoms. The van der Waals surface area contributed by atoms with Crippen LogP contribution in [0.25, 0.3) is 0 Å². The number of nitrogens with zero attached hydrogens (tertiary/aromatic N) is 2. The minimum absolute atomic E-state index is 0.0261. The largest absolute Gasteiger partial charge is 0.496 e. The van der Waals surface area contributed by atoms with Gasteiger partial charge in [0, 0.05) is 37.8 Å². The van der Waals surface area contributed by atoms with Gasteiger partial charge in [-0.25, -0.2) is 0 Å². The minimum Gasteiger partial charge on any atom is -0.496 e. The Hall–Kier alpha value is -2.26. The third-order valence-electron chi connectivity index (χ3n) is 6.63. The molecule has 0 aliphatic carbocycles. The van der Waals surface area contributed by atoms with Crippen LogP contribution in [0.1, 0.15) is 43.0 Å². The smallest absolute Gasteiger partial charge is 0.416 e. The van der Waals surface area contributed by atoms with E-state index in [1.165, 1.54) is 7.11 Å². The number of hydrogen-bond donors (Lipinski definition) is 0. The summed E-state index contributed by atoms with van der Waals surface area (Å²) in [4.78, 5) is 4.43. The molecule has 34 heavy (non-hydrogen) atoms. The van der Waals surface area contributed by atoms with Crippen LogP contribution < -0.4 is 4.74 Å². The monoisotopic (exact) mass is 488 g/mol. The van der Waals surface area contributed by atoms with Gasteiger partial charge in [0.05, 0.1) is 23.8 Å². The van der Waals surface area contributed by atoms with Gasteiger partial charge in [-0.05, 0) is 57.0 Å². The summed E-state index contributed by atoms with van der Waals surface area (Å²) < 4.78 is 86.4. The molecule has 1 aliphatic heterocycles. The highest BCUT2D eigenvalue weighted by Gasteiger charge is 2.41. The lowest BCUT2D eigenvalue weighted by Crippen LogP contribution is -2.56. The molecule has 2 aromatic carbocycles. The Kier molecular flexibility index (Phi) is 7.57. The van der Waals surface area contributed by atoms with Crippen LogP contribution in [0, 0.1) is 0 Å². The number of alkyl halides is 6. The van der Waals surface area contributed by atoms with Crippen molar-refractivity contribution in [1.82, 2.24) is 9.80 Å². The van der Waals surface area contributed by atoms with Crippen LogP contribution in [0.2, 0.25) is 0 Å². The molecular weight excluding hydrogens is 458 g/mol. The van der Waals surface area contributed by atoms with E-state index in [4.69, 9.17) is 4.74 Å². The Bertz CT molecular complexity index is 948. The summed E-state index contributed by atoms with van der Waals surface area (Å²) >= 11 is 0. The average Bonchev–Trinajstić information content (AvgIpc) is 2.77. The summed E-state index contributed by atoms with van der Waals surface area (Å²) in [6.07, 6.45) is -9.82. The molecule has 1 atom stereocenters. The molecule has 9 heteroatoms. The van der Waals surface area contributed by atoms with Crippen molar-refractivity contribution >= 4 is 0 Å². The predicted molar refractivity (Wildman–Crippen MR) is 119 cm³/mol. The summed E-state index contributed by atoms with van der Waals surface area (Å²) in [6, 6.07) is 9.33. The topological polar surface area (TPSA) is 15.7 Å². The number of benzene rings is 2. The van der Waals surface area contributed by atoms with Gasteiger partial charge in [0.1, 0.15) is 5.75 Å². The van der Waals surface area contributed by atoms with Gasteiger partial charge in [0.2, 0.25) is 0 Å². The fourth-order valence-electron chi connectivity index (χ4n) is 4.72. The van der Waals surface area contributed by atoms with E-state index in [-0.39, 0.29) is 18.1 Å². The zero-order chi connectivity index (χ0) is 25.3. The highest BCUT2D eigenvalue weighted by Crippen LogP contribution is 2.41. The van der Waals surface area contributed by atoms with Gasteiger partial charge in [0.25, 0.3) is 0 Å². The molecule has 1 heterocycles. The summed E-state index contributed by atoms with van der Waals surface area (Å²) in [7, 11) is 1.50. The third-order valence-corrected chi connectivity index (χ3v) is 6.63. The molecule has 0 amide bonds. The molecule has 1 aliphatic rings. The lowest BCUT2D eigenvalue weighted by molar-refractivity contribution is -0.143. The number of hydrogen-bond acceptors (Lipinski definition) is 3. The lowest BCUT2D eigenvalue weighted by atomic mass is 9.82. The first kappa shape index (κ1) is 26.3. The van der Waals surface area contributed by atoms with Gasteiger partial charge in [-0.3, -0.25) is 9.80 Å². The molecule has 0 N–H and O–H groups in total. The highest BCUT2D eigenvalue weighted by atomic mass is 19.4. The maximum atomic E-state index is 13.5. The van der Waals surface area contributed by atoms with Crippen molar-refractivity contribution in [2.45, 2.75) is 51.1 Å². The van der Waals surface area contributed by atoms with Gasteiger partial charge in [-0.1, -0.05) is 18.2 Å². The van der Waals surface area contributed by atoms with Crippen LogP contribution in [0.3, 0.4) is 0 Å². The minimum atomic E-state index is -4.89. The van der Waals surface area contributed by atoms with E-state index in [1.54, 1.807) is 18.2 Å². The molecule has 3 nitrogen and oxygen atoms in total. The van der Waals surface area contributed by atoms with Gasteiger partial charge < -0.3 is 4.74 Å². The number of ether oxygens (including phenoxy) is 1. The van der Waals surface area contributed by atoms with Crippen molar-refractivity contribution in [2.75, 3.05) is 33.3 Å².